The maximum Gasteiger partial charge on any atom is 0.409 e. The summed E-state index contributed by atoms with van der Waals surface area (Å²) >= 11 is 0. The molecule has 1 N–H and O–H groups in total. The number of halogens is 1. The van der Waals surface area contributed by atoms with Crippen LogP contribution in [0.5, 0.6) is 5.75 Å². The maximum absolute atomic E-state index is 13.2. The summed E-state index contributed by atoms with van der Waals surface area (Å²) < 4.78 is 23.6. The predicted octanol–water partition coefficient (Wildman–Crippen LogP) is 1.48. The van der Waals surface area contributed by atoms with Crippen molar-refractivity contribution in [1.82, 2.24) is 10.2 Å². The van der Waals surface area contributed by atoms with Crippen molar-refractivity contribution in [2.45, 2.75) is 25.3 Å². The van der Waals surface area contributed by atoms with Gasteiger partial charge in [-0.2, -0.15) is 0 Å². The number of hydrogen-bond donors (Lipinski definition) is 1. The number of nitrogens with one attached hydrogen (secondary N) is 1. The number of carbonyl (C=O) groups is 2. The second-order valence-corrected chi connectivity index (χ2v) is 5.74. The molecule has 2 aliphatic heterocycles. The summed E-state index contributed by atoms with van der Waals surface area (Å²) in [5.41, 5.74) is 0.765. The van der Waals surface area contributed by atoms with Crippen molar-refractivity contribution in [3.8, 4) is 5.75 Å². The number of carbonyl (C=O) groups excluding carboxylic acids is 2. The summed E-state index contributed by atoms with van der Waals surface area (Å²) in [7, 11) is 0. The molecule has 1 aromatic carbocycles. The molecule has 2 aliphatic rings. The summed E-state index contributed by atoms with van der Waals surface area (Å²) in [5.74, 6) is 0.271. The Morgan fingerprint density at radius 1 is 1.39 bits per heavy atom. The number of benzene rings is 1. The third-order valence-corrected chi connectivity index (χ3v) is 3.97. The minimum atomic E-state index is -0.315. The normalized spacial score (nSPS) is 19.8. The van der Waals surface area contributed by atoms with Gasteiger partial charge in [-0.1, -0.05) is 0 Å². The van der Waals surface area contributed by atoms with Crippen LogP contribution in [0.25, 0.3) is 0 Å². The van der Waals surface area contributed by atoms with Crippen LogP contribution in [-0.2, 0) is 16.0 Å². The molecule has 1 saturated heterocycles. The van der Waals surface area contributed by atoms with Gasteiger partial charge in [-0.05, 0) is 36.6 Å². The van der Waals surface area contributed by atoms with Crippen LogP contribution < -0.4 is 10.1 Å². The SMILES string of the molecule is O=C(CCCN1CCOC1=O)NC1COc2ccc(F)cc2C1. The van der Waals surface area contributed by atoms with Crippen LogP contribution in [0, 0.1) is 5.82 Å². The highest BCUT2D eigenvalue weighted by atomic mass is 19.1. The van der Waals surface area contributed by atoms with Crippen LogP contribution in [0.1, 0.15) is 18.4 Å². The third-order valence-electron chi connectivity index (χ3n) is 3.97. The number of ether oxygens (including phenoxy) is 2. The second kappa shape index (κ2) is 6.85. The van der Waals surface area contributed by atoms with Gasteiger partial charge in [-0.3, -0.25) is 4.79 Å². The Hall–Kier alpha value is -2.31. The smallest absolute Gasteiger partial charge is 0.409 e. The molecule has 6 nitrogen and oxygen atoms in total. The standard InChI is InChI=1S/C16H19FN2O4/c17-12-3-4-14-11(8-12)9-13(10-23-14)18-15(20)2-1-5-19-6-7-22-16(19)21/h3-4,8,13H,1-2,5-7,9-10H2,(H,18,20). The fraction of sp³-hybridized carbons (Fsp3) is 0.500. The fourth-order valence-electron chi connectivity index (χ4n) is 2.81. The van der Waals surface area contributed by atoms with Crippen LogP contribution in [-0.4, -0.2) is 49.2 Å². The summed E-state index contributed by atoms with van der Waals surface area (Å²) in [6, 6.07) is 4.25. The minimum Gasteiger partial charge on any atom is -0.491 e. The van der Waals surface area contributed by atoms with Gasteiger partial charge in [-0.25, -0.2) is 9.18 Å². The Morgan fingerprint density at radius 3 is 3.04 bits per heavy atom. The average Bonchev–Trinajstić information content (AvgIpc) is 2.92. The van der Waals surface area contributed by atoms with E-state index in [9.17, 15) is 14.0 Å². The van der Waals surface area contributed by atoms with Crippen LogP contribution in [0.4, 0.5) is 9.18 Å². The summed E-state index contributed by atoms with van der Waals surface area (Å²) in [6.07, 6.45) is 1.15. The molecule has 0 aliphatic carbocycles. The van der Waals surface area contributed by atoms with Crippen LogP contribution in [0.3, 0.4) is 0 Å². The summed E-state index contributed by atoms with van der Waals surface area (Å²) in [4.78, 5) is 24.8. The molecule has 7 heteroatoms. The van der Waals surface area contributed by atoms with Gasteiger partial charge in [0.2, 0.25) is 5.91 Å². The molecular formula is C16H19FN2O4. The van der Waals surface area contributed by atoms with E-state index in [4.69, 9.17) is 9.47 Å². The lowest BCUT2D eigenvalue weighted by atomic mass is 10.0. The Labute approximate surface area is 133 Å². The van der Waals surface area contributed by atoms with Gasteiger partial charge >= 0.3 is 6.09 Å². The van der Waals surface area contributed by atoms with Crippen molar-refractivity contribution < 1.29 is 23.5 Å². The molecule has 1 atom stereocenters. The molecule has 23 heavy (non-hydrogen) atoms. The van der Waals surface area contributed by atoms with E-state index < -0.39 is 0 Å². The molecule has 2 heterocycles. The number of cyclic esters (lactones) is 1. The highest BCUT2D eigenvalue weighted by molar-refractivity contribution is 5.76. The zero-order valence-electron chi connectivity index (χ0n) is 12.7. The molecule has 3 rings (SSSR count). The van der Waals surface area contributed by atoms with Gasteiger partial charge in [0.25, 0.3) is 0 Å². The van der Waals surface area contributed by atoms with Crippen LogP contribution in [0.2, 0.25) is 0 Å². The van der Waals surface area contributed by atoms with E-state index >= 15 is 0 Å². The largest absolute Gasteiger partial charge is 0.491 e. The first-order valence-electron chi connectivity index (χ1n) is 7.74. The van der Waals surface area contributed by atoms with Gasteiger partial charge in [-0.15, -0.1) is 0 Å². The van der Waals surface area contributed by atoms with E-state index in [0.717, 1.165) is 5.56 Å². The molecule has 0 bridgehead atoms. The molecule has 0 saturated carbocycles. The van der Waals surface area contributed by atoms with Gasteiger partial charge in [0, 0.05) is 13.0 Å². The predicted molar refractivity (Wildman–Crippen MR) is 79.7 cm³/mol. The van der Waals surface area contributed by atoms with Crippen molar-refractivity contribution in [3.05, 3.63) is 29.6 Å². The van der Waals surface area contributed by atoms with E-state index in [1.54, 1.807) is 11.0 Å². The number of hydrogen-bond acceptors (Lipinski definition) is 4. The van der Waals surface area contributed by atoms with Crippen LogP contribution >= 0.6 is 0 Å². The molecule has 124 valence electrons. The van der Waals surface area contributed by atoms with Gasteiger partial charge in [0.15, 0.2) is 0 Å². The monoisotopic (exact) mass is 322 g/mol. The van der Waals surface area contributed by atoms with E-state index in [2.05, 4.69) is 5.32 Å². The molecule has 1 aromatic rings. The van der Waals surface area contributed by atoms with Crippen molar-refractivity contribution in [2.24, 2.45) is 0 Å². The molecule has 0 radical (unpaired) electrons. The van der Waals surface area contributed by atoms with E-state index in [-0.39, 0.29) is 23.9 Å². The fourth-order valence-corrected chi connectivity index (χ4v) is 2.81. The first-order valence-corrected chi connectivity index (χ1v) is 7.74. The maximum atomic E-state index is 13.2. The summed E-state index contributed by atoms with van der Waals surface area (Å²) in [6.45, 7) is 1.89. The highest BCUT2D eigenvalue weighted by Gasteiger charge is 2.23. The number of fused-ring (bicyclic) bond motifs is 1. The average molecular weight is 322 g/mol. The first-order chi connectivity index (χ1) is 11.1. The number of nitrogens with zero attached hydrogens (tertiary/aromatic N) is 1. The zero-order chi connectivity index (χ0) is 16.2. The van der Waals surface area contributed by atoms with Crippen LogP contribution in [0.15, 0.2) is 18.2 Å². The Kier molecular flexibility index (Phi) is 4.64. The molecule has 1 fully saturated rings. The van der Waals surface area contributed by atoms with Gasteiger partial charge in [0.1, 0.15) is 24.8 Å². The van der Waals surface area contributed by atoms with Crippen molar-refractivity contribution in [2.75, 3.05) is 26.3 Å². The molecular weight excluding hydrogens is 303 g/mol. The minimum absolute atomic E-state index is 0.0917. The molecule has 0 spiro atoms. The number of amides is 2. The third kappa shape index (κ3) is 3.91. The molecule has 2 amide bonds. The Bertz CT molecular complexity index is 608. The first kappa shape index (κ1) is 15.6. The molecule has 0 aromatic heterocycles. The highest BCUT2D eigenvalue weighted by Crippen LogP contribution is 2.25. The van der Waals surface area contributed by atoms with Gasteiger partial charge in [0.05, 0.1) is 12.6 Å². The lowest BCUT2D eigenvalue weighted by Crippen LogP contribution is -2.42. The quantitative estimate of drug-likeness (QED) is 0.891. The lowest BCUT2D eigenvalue weighted by Gasteiger charge is -2.26. The van der Waals surface area contributed by atoms with E-state index in [0.29, 0.717) is 51.3 Å². The van der Waals surface area contributed by atoms with Crippen molar-refractivity contribution in [3.63, 3.8) is 0 Å². The summed E-state index contributed by atoms with van der Waals surface area (Å²) in [5, 5.41) is 2.89. The topological polar surface area (TPSA) is 67.9 Å². The zero-order valence-corrected chi connectivity index (χ0v) is 12.7. The number of rotatable bonds is 5. The van der Waals surface area contributed by atoms with Crippen molar-refractivity contribution >= 4 is 12.0 Å². The second-order valence-electron chi connectivity index (χ2n) is 5.74. The Balaban J connectivity index is 1.43. The molecule has 1 unspecified atom stereocenters. The van der Waals surface area contributed by atoms with E-state index in [1.165, 1.54) is 12.1 Å². The van der Waals surface area contributed by atoms with Gasteiger partial charge < -0.3 is 19.7 Å². The lowest BCUT2D eigenvalue weighted by molar-refractivity contribution is -0.122. The van der Waals surface area contributed by atoms with E-state index in [1.807, 2.05) is 0 Å². The Morgan fingerprint density at radius 2 is 2.26 bits per heavy atom. The van der Waals surface area contributed by atoms with Crippen molar-refractivity contribution in [1.29, 1.82) is 0 Å².